The predicted molar refractivity (Wildman–Crippen MR) is 102 cm³/mol. The maximum atomic E-state index is 12.5. The van der Waals surface area contributed by atoms with Gasteiger partial charge >= 0.3 is 0 Å². The Morgan fingerprint density at radius 2 is 1.36 bits per heavy atom. The second-order valence-corrected chi connectivity index (χ2v) is 9.23. The number of hydrogen-bond donors (Lipinski definition) is 0. The topological polar surface area (TPSA) is 34.1 Å². The number of rotatable bonds is 8. The monoisotopic (exact) mass is 346 g/mol. The SMILES string of the molecule is O=C(CCCCC(=O)C1CCC2CCCCC2C1)CC1CCCCC1. The molecule has 2 nitrogen and oxygen atoms in total. The second kappa shape index (κ2) is 9.88. The Morgan fingerprint density at radius 3 is 2.16 bits per heavy atom. The molecule has 0 spiro atoms. The molecule has 0 amide bonds. The zero-order valence-corrected chi connectivity index (χ0v) is 16.1. The summed E-state index contributed by atoms with van der Waals surface area (Å²) >= 11 is 0. The predicted octanol–water partition coefficient (Wildman–Crippen LogP) is 6.26. The molecule has 0 radical (unpaired) electrons. The first-order valence-electron chi connectivity index (χ1n) is 11.3. The van der Waals surface area contributed by atoms with Gasteiger partial charge in [0.15, 0.2) is 0 Å². The van der Waals surface area contributed by atoms with Crippen LogP contribution in [-0.4, -0.2) is 11.6 Å². The summed E-state index contributed by atoms with van der Waals surface area (Å²) < 4.78 is 0. The molecule has 3 aliphatic carbocycles. The highest BCUT2D eigenvalue weighted by molar-refractivity contribution is 5.81. The molecule has 3 fully saturated rings. The van der Waals surface area contributed by atoms with E-state index in [1.54, 1.807) is 0 Å². The lowest BCUT2D eigenvalue weighted by molar-refractivity contribution is -0.125. The fourth-order valence-electron chi connectivity index (χ4n) is 5.81. The van der Waals surface area contributed by atoms with Crippen LogP contribution in [0.3, 0.4) is 0 Å². The summed E-state index contributed by atoms with van der Waals surface area (Å²) in [5.74, 6) is 3.72. The quantitative estimate of drug-likeness (QED) is 0.486. The smallest absolute Gasteiger partial charge is 0.135 e. The van der Waals surface area contributed by atoms with Crippen LogP contribution in [0.2, 0.25) is 0 Å². The summed E-state index contributed by atoms with van der Waals surface area (Å²) in [7, 11) is 0. The molecule has 0 aromatic rings. The standard InChI is InChI=1S/C23H38O2/c24-22(16-18-8-2-1-3-9-18)12-6-7-13-23(25)21-15-14-19-10-4-5-11-20(19)17-21/h18-21H,1-17H2. The zero-order valence-electron chi connectivity index (χ0n) is 16.1. The van der Waals surface area contributed by atoms with Gasteiger partial charge in [0.2, 0.25) is 0 Å². The molecule has 0 bridgehead atoms. The van der Waals surface area contributed by atoms with Crippen molar-refractivity contribution < 1.29 is 9.59 Å². The molecule has 0 N–H and O–H groups in total. The molecule has 0 aromatic carbocycles. The van der Waals surface area contributed by atoms with Gasteiger partial charge in [-0.25, -0.2) is 0 Å². The highest BCUT2D eigenvalue weighted by Gasteiger charge is 2.34. The van der Waals surface area contributed by atoms with Gasteiger partial charge in [-0.05, 0) is 49.9 Å². The summed E-state index contributed by atoms with van der Waals surface area (Å²) in [6.45, 7) is 0. The Hall–Kier alpha value is -0.660. The number of carbonyl (C=O) groups is 2. The van der Waals surface area contributed by atoms with Gasteiger partial charge in [0, 0.05) is 25.2 Å². The van der Waals surface area contributed by atoms with Crippen molar-refractivity contribution in [1.29, 1.82) is 0 Å². The van der Waals surface area contributed by atoms with E-state index < -0.39 is 0 Å². The van der Waals surface area contributed by atoms with Crippen molar-refractivity contribution in [1.82, 2.24) is 0 Å². The summed E-state index contributed by atoms with van der Waals surface area (Å²) in [5, 5.41) is 0. The highest BCUT2D eigenvalue weighted by atomic mass is 16.1. The van der Waals surface area contributed by atoms with E-state index in [0.29, 0.717) is 29.8 Å². The summed E-state index contributed by atoms with van der Waals surface area (Å²) in [4.78, 5) is 24.7. The third-order valence-electron chi connectivity index (χ3n) is 7.36. The van der Waals surface area contributed by atoms with Gasteiger partial charge in [0.05, 0.1) is 0 Å². The first-order chi connectivity index (χ1) is 12.2. The van der Waals surface area contributed by atoms with E-state index in [1.165, 1.54) is 70.6 Å². The fourth-order valence-corrected chi connectivity index (χ4v) is 5.81. The molecule has 3 saturated carbocycles. The lowest BCUT2D eigenvalue weighted by Crippen LogP contribution is -2.31. The number of fused-ring (bicyclic) bond motifs is 1. The molecule has 3 unspecified atom stereocenters. The van der Waals surface area contributed by atoms with Gasteiger partial charge < -0.3 is 0 Å². The molecule has 3 rings (SSSR count). The number of Topliss-reactive ketones (excluding diaryl/α,β-unsaturated/α-hetero) is 2. The Bertz CT molecular complexity index is 435. The van der Waals surface area contributed by atoms with Crippen molar-refractivity contribution in [3.05, 3.63) is 0 Å². The summed E-state index contributed by atoms with van der Waals surface area (Å²) in [5.41, 5.74) is 0. The zero-order chi connectivity index (χ0) is 17.5. The Morgan fingerprint density at radius 1 is 0.680 bits per heavy atom. The van der Waals surface area contributed by atoms with Crippen LogP contribution in [0.25, 0.3) is 0 Å². The largest absolute Gasteiger partial charge is 0.300 e. The second-order valence-electron chi connectivity index (χ2n) is 9.23. The fraction of sp³-hybridized carbons (Fsp3) is 0.913. The molecule has 3 atom stereocenters. The number of ketones is 2. The molecule has 25 heavy (non-hydrogen) atoms. The van der Waals surface area contributed by atoms with E-state index in [-0.39, 0.29) is 0 Å². The van der Waals surface area contributed by atoms with Gasteiger partial charge in [-0.15, -0.1) is 0 Å². The minimum absolute atomic E-state index is 0.345. The highest BCUT2D eigenvalue weighted by Crippen LogP contribution is 2.43. The summed E-state index contributed by atoms with van der Waals surface area (Å²) in [6, 6.07) is 0. The van der Waals surface area contributed by atoms with Crippen LogP contribution in [0.15, 0.2) is 0 Å². The van der Waals surface area contributed by atoms with Crippen molar-refractivity contribution in [2.75, 3.05) is 0 Å². The molecular weight excluding hydrogens is 308 g/mol. The minimum Gasteiger partial charge on any atom is -0.300 e. The Labute approximate surface area is 154 Å². The third kappa shape index (κ3) is 5.93. The van der Waals surface area contributed by atoms with E-state index in [1.807, 2.05) is 0 Å². The molecule has 2 heteroatoms. The summed E-state index contributed by atoms with van der Waals surface area (Å²) in [6.07, 6.45) is 19.8. The van der Waals surface area contributed by atoms with Crippen molar-refractivity contribution in [2.24, 2.45) is 23.7 Å². The van der Waals surface area contributed by atoms with Gasteiger partial charge in [-0.3, -0.25) is 9.59 Å². The number of carbonyl (C=O) groups excluding carboxylic acids is 2. The Kier molecular flexibility index (Phi) is 7.55. The van der Waals surface area contributed by atoms with E-state index in [4.69, 9.17) is 0 Å². The first kappa shape index (κ1) is 19.1. The van der Waals surface area contributed by atoms with Crippen LogP contribution in [0.4, 0.5) is 0 Å². The Balaban J connectivity index is 1.28. The maximum Gasteiger partial charge on any atom is 0.135 e. The van der Waals surface area contributed by atoms with Crippen molar-refractivity contribution in [3.8, 4) is 0 Å². The lowest BCUT2D eigenvalue weighted by atomic mass is 9.66. The van der Waals surface area contributed by atoms with Crippen LogP contribution in [0.1, 0.15) is 109 Å². The van der Waals surface area contributed by atoms with Crippen LogP contribution >= 0.6 is 0 Å². The number of hydrogen-bond acceptors (Lipinski definition) is 2. The van der Waals surface area contributed by atoms with Crippen molar-refractivity contribution in [2.45, 2.75) is 109 Å². The van der Waals surface area contributed by atoms with Crippen molar-refractivity contribution in [3.63, 3.8) is 0 Å². The molecule has 0 aromatic heterocycles. The molecule has 0 saturated heterocycles. The lowest BCUT2D eigenvalue weighted by Gasteiger charge is -2.38. The van der Waals surface area contributed by atoms with Crippen LogP contribution in [0.5, 0.6) is 0 Å². The molecule has 3 aliphatic rings. The van der Waals surface area contributed by atoms with E-state index in [9.17, 15) is 9.59 Å². The molecule has 0 aliphatic heterocycles. The van der Waals surface area contributed by atoms with Gasteiger partial charge in [-0.1, -0.05) is 57.8 Å². The van der Waals surface area contributed by atoms with Crippen LogP contribution in [-0.2, 0) is 9.59 Å². The van der Waals surface area contributed by atoms with E-state index >= 15 is 0 Å². The van der Waals surface area contributed by atoms with E-state index in [2.05, 4.69) is 0 Å². The van der Waals surface area contributed by atoms with Gasteiger partial charge in [0.25, 0.3) is 0 Å². The van der Waals surface area contributed by atoms with E-state index in [0.717, 1.165) is 43.9 Å². The van der Waals surface area contributed by atoms with Crippen LogP contribution in [0, 0.1) is 23.7 Å². The number of unbranched alkanes of at least 4 members (excludes halogenated alkanes) is 1. The van der Waals surface area contributed by atoms with Gasteiger partial charge in [-0.2, -0.15) is 0 Å². The first-order valence-corrected chi connectivity index (χ1v) is 11.3. The van der Waals surface area contributed by atoms with Gasteiger partial charge in [0.1, 0.15) is 11.6 Å². The maximum absolute atomic E-state index is 12.5. The normalized spacial score (nSPS) is 30.6. The molecule has 0 heterocycles. The third-order valence-corrected chi connectivity index (χ3v) is 7.36. The molecular formula is C23H38O2. The van der Waals surface area contributed by atoms with Crippen molar-refractivity contribution >= 4 is 11.6 Å². The van der Waals surface area contributed by atoms with Crippen LogP contribution < -0.4 is 0 Å². The minimum atomic E-state index is 0.345. The molecule has 142 valence electrons. The average molecular weight is 347 g/mol. The average Bonchev–Trinajstić information content (AvgIpc) is 2.65.